The van der Waals surface area contributed by atoms with E-state index in [1.54, 1.807) is 24.5 Å². The van der Waals surface area contributed by atoms with E-state index in [0.717, 1.165) is 94.6 Å². The molecular formula is C41H46Cl4N10O2S2. The molecule has 2 saturated heterocycles. The Balaban J connectivity index is 0.000000184. The summed E-state index contributed by atoms with van der Waals surface area (Å²) in [5.74, 6) is 1.72. The van der Waals surface area contributed by atoms with Crippen LogP contribution in [0.5, 0.6) is 0 Å². The number of benzene rings is 2. The number of piperidine rings is 2. The molecule has 3 N–H and O–H groups in total. The molecule has 0 saturated carbocycles. The summed E-state index contributed by atoms with van der Waals surface area (Å²) >= 11 is 28.0. The van der Waals surface area contributed by atoms with Gasteiger partial charge in [-0.15, -0.1) is 0 Å². The van der Waals surface area contributed by atoms with Crippen LogP contribution in [0.15, 0.2) is 93.2 Å². The number of alkyl carbamates (subject to hydrolysis) is 1. The van der Waals surface area contributed by atoms with Gasteiger partial charge in [0.1, 0.15) is 5.60 Å². The van der Waals surface area contributed by atoms with Gasteiger partial charge in [-0.1, -0.05) is 82.1 Å². The highest BCUT2D eigenvalue weighted by molar-refractivity contribution is 8.00. The summed E-state index contributed by atoms with van der Waals surface area (Å²) in [5.41, 5.74) is 6.98. The third-order valence-corrected chi connectivity index (χ3v) is 14.2. The number of nitrogens with two attached hydrogens (primary N) is 1. The molecule has 2 fully saturated rings. The third-order valence-electron chi connectivity index (χ3n) is 10.2. The van der Waals surface area contributed by atoms with Gasteiger partial charge in [-0.25, -0.2) is 24.7 Å². The van der Waals surface area contributed by atoms with E-state index in [4.69, 9.17) is 66.8 Å². The van der Waals surface area contributed by atoms with Crippen LogP contribution in [-0.4, -0.2) is 77.7 Å². The fraction of sp³-hybridized carbons (Fsp3) is 0.390. The van der Waals surface area contributed by atoms with Gasteiger partial charge in [0.2, 0.25) is 11.9 Å². The van der Waals surface area contributed by atoms with Gasteiger partial charge in [-0.2, -0.15) is 0 Å². The molecule has 0 spiro atoms. The van der Waals surface area contributed by atoms with E-state index in [-0.39, 0.29) is 17.2 Å². The number of aromatic nitrogens is 6. The van der Waals surface area contributed by atoms with Crippen molar-refractivity contribution in [2.24, 2.45) is 5.73 Å². The zero-order valence-electron chi connectivity index (χ0n) is 33.4. The van der Waals surface area contributed by atoms with Crippen LogP contribution in [0.25, 0.3) is 11.3 Å². The first kappa shape index (κ1) is 43.5. The number of ether oxygens (including phenoxy) is 1. The normalized spacial score (nSPS) is 16.5. The number of hydrogen-bond donors (Lipinski definition) is 2. The molecule has 2 aromatic carbocycles. The lowest BCUT2D eigenvalue weighted by Crippen LogP contribution is -2.54. The summed E-state index contributed by atoms with van der Waals surface area (Å²) in [6, 6.07) is 11.2. The maximum absolute atomic E-state index is 12.3. The molecule has 18 heteroatoms. The van der Waals surface area contributed by atoms with Crippen molar-refractivity contribution in [1.82, 2.24) is 34.1 Å². The van der Waals surface area contributed by atoms with Gasteiger partial charge in [0.05, 0.1) is 29.9 Å². The van der Waals surface area contributed by atoms with Gasteiger partial charge in [-0.05, 0) is 84.6 Å². The lowest BCUT2D eigenvalue weighted by Gasteiger charge is -2.40. The van der Waals surface area contributed by atoms with Crippen molar-refractivity contribution in [2.45, 2.75) is 96.6 Å². The van der Waals surface area contributed by atoms with Crippen molar-refractivity contribution in [1.29, 1.82) is 0 Å². The van der Waals surface area contributed by atoms with Gasteiger partial charge in [0.15, 0.2) is 11.3 Å². The summed E-state index contributed by atoms with van der Waals surface area (Å²) < 4.78 is 9.45. The Hall–Kier alpha value is -3.63. The van der Waals surface area contributed by atoms with Crippen LogP contribution in [0.2, 0.25) is 20.1 Å². The highest BCUT2D eigenvalue weighted by atomic mass is 35.5. The molecule has 2 aliphatic rings. The first-order valence-corrected chi connectivity index (χ1v) is 22.3. The van der Waals surface area contributed by atoms with Crippen molar-refractivity contribution >= 4 is 99.2 Å². The minimum Gasteiger partial charge on any atom is -0.444 e. The Morgan fingerprint density at radius 2 is 1.15 bits per heavy atom. The molecule has 8 rings (SSSR count). The molecule has 0 atom stereocenters. The van der Waals surface area contributed by atoms with E-state index in [1.807, 2.05) is 78.6 Å². The first-order chi connectivity index (χ1) is 28.0. The number of hydrogen-bond acceptors (Lipinski definition) is 11. The number of imidazole rings is 2. The smallest absolute Gasteiger partial charge is 0.408 e. The average Bonchev–Trinajstić information content (AvgIpc) is 3.88. The molecule has 312 valence electrons. The molecule has 2 aliphatic heterocycles. The van der Waals surface area contributed by atoms with E-state index in [9.17, 15) is 4.79 Å². The van der Waals surface area contributed by atoms with E-state index < -0.39 is 5.60 Å². The number of amides is 1. The summed E-state index contributed by atoms with van der Waals surface area (Å²) in [7, 11) is 0. The minimum absolute atomic E-state index is 0.0936. The van der Waals surface area contributed by atoms with E-state index >= 15 is 0 Å². The molecule has 59 heavy (non-hydrogen) atoms. The molecule has 6 heterocycles. The predicted octanol–water partition coefficient (Wildman–Crippen LogP) is 10.6. The van der Waals surface area contributed by atoms with Gasteiger partial charge in [0, 0.05) is 84.2 Å². The summed E-state index contributed by atoms with van der Waals surface area (Å²) in [6.07, 6.45) is 14.2. The maximum Gasteiger partial charge on any atom is 0.408 e. The van der Waals surface area contributed by atoms with Gasteiger partial charge in [0.25, 0.3) is 0 Å². The number of anilines is 2. The Morgan fingerprint density at radius 1 is 0.712 bits per heavy atom. The number of fused-ring (bicyclic) bond motifs is 2. The van der Waals surface area contributed by atoms with Crippen molar-refractivity contribution in [3.8, 4) is 0 Å². The van der Waals surface area contributed by atoms with Crippen LogP contribution in [0, 0.1) is 0 Å². The summed E-state index contributed by atoms with van der Waals surface area (Å²) in [4.78, 5) is 38.8. The van der Waals surface area contributed by atoms with Crippen LogP contribution in [0.3, 0.4) is 0 Å². The lowest BCUT2D eigenvalue weighted by atomic mass is 9.90. The van der Waals surface area contributed by atoms with Gasteiger partial charge in [-0.3, -0.25) is 8.80 Å². The van der Waals surface area contributed by atoms with Gasteiger partial charge < -0.3 is 25.6 Å². The van der Waals surface area contributed by atoms with Crippen LogP contribution in [0.1, 0.15) is 60.3 Å². The quantitative estimate of drug-likeness (QED) is 0.159. The SMILES string of the molecule is CC1(N)CCN(c2ncc(Sc3cccc(Cl)c3Cl)c3nccn23)CC1.CC1(NC(=O)OC(C)(C)C)CCN(c2ncc(Sc3cccc(Cl)c3Cl)c3nccn23)CC1. The topological polar surface area (TPSA) is 131 Å². The van der Waals surface area contributed by atoms with Crippen molar-refractivity contribution < 1.29 is 9.53 Å². The van der Waals surface area contributed by atoms with E-state index in [0.29, 0.717) is 20.1 Å². The van der Waals surface area contributed by atoms with Crippen LogP contribution in [-0.2, 0) is 4.74 Å². The molecule has 4 aromatic heterocycles. The molecule has 0 radical (unpaired) electrons. The summed E-state index contributed by atoms with van der Waals surface area (Å²) in [6.45, 7) is 13.0. The van der Waals surface area contributed by atoms with E-state index in [1.165, 1.54) is 23.5 Å². The molecule has 1 amide bonds. The monoisotopic (exact) mass is 914 g/mol. The fourth-order valence-electron chi connectivity index (χ4n) is 6.83. The fourth-order valence-corrected chi connectivity index (χ4v) is 9.64. The largest absolute Gasteiger partial charge is 0.444 e. The molecular weight excluding hydrogens is 870 g/mol. The Kier molecular flexibility index (Phi) is 13.1. The number of carbonyl (C=O) groups is 1. The van der Waals surface area contributed by atoms with Crippen molar-refractivity contribution in [3.05, 3.63) is 93.7 Å². The highest BCUT2D eigenvalue weighted by Gasteiger charge is 2.34. The zero-order chi connectivity index (χ0) is 42.1. The number of nitrogens with one attached hydrogen (secondary N) is 1. The van der Waals surface area contributed by atoms with Crippen molar-refractivity contribution in [2.75, 3.05) is 36.0 Å². The molecule has 0 aliphatic carbocycles. The molecule has 12 nitrogen and oxygen atoms in total. The maximum atomic E-state index is 12.3. The molecule has 6 aromatic rings. The second-order valence-electron chi connectivity index (χ2n) is 16.2. The number of rotatable bonds is 7. The number of nitrogens with zero attached hydrogens (tertiary/aromatic N) is 8. The predicted molar refractivity (Wildman–Crippen MR) is 240 cm³/mol. The molecule has 0 unspecified atom stereocenters. The van der Waals surface area contributed by atoms with E-state index in [2.05, 4.69) is 38.9 Å². The third kappa shape index (κ3) is 10.3. The second-order valence-corrected chi connectivity index (χ2v) is 19.9. The zero-order valence-corrected chi connectivity index (χ0v) is 38.0. The number of halogens is 4. The second kappa shape index (κ2) is 17.8. The summed E-state index contributed by atoms with van der Waals surface area (Å²) in [5, 5.41) is 5.17. The van der Waals surface area contributed by atoms with Crippen LogP contribution < -0.4 is 20.9 Å². The van der Waals surface area contributed by atoms with Crippen LogP contribution >= 0.6 is 69.9 Å². The Bertz CT molecular complexity index is 2450. The average molecular weight is 917 g/mol. The lowest BCUT2D eigenvalue weighted by molar-refractivity contribution is 0.0448. The van der Waals surface area contributed by atoms with Gasteiger partial charge >= 0.3 is 6.09 Å². The van der Waals surface area contributed by atoms with Crippen LogP contribution in [0.4, 0.5) is 16.7 Å². The number of carbonyl (C=O) groups excluding carboxylic acids is 1. The standard InChI is InChI=1S/C23H27Cl2N5O2S.C18H19Cl2N5S/c1-22(2,3)32-21(31)28-23(4)8-11-29(12-9-23)20-27-14-17(19-26-10-13-30(19)20)33-16-7-5-6-15(24)18(16)25;1-18(21)5-8-24(9-6-18)17-23-11-14(16-22-7-10-25(16)17)26-13-4-2-3-12(19)15(13)20/h5-7,10,13-14H,8-9,11-12H2,1-4H3,(H,28,31);2-4,7,10-11H,5-6,8-9,21H2,1H3. The minimum atomic E-state index is -0.521. The first-order valence-electron chi connectivity index (χ1n) is 19.2. The Morgan fingerprint density at radius 3 is 1.59 bits per heavy atom. The molecule has 0 bridgehead atoms. The Labute approximate surface area is 372 Å². The van der Waals surface area contributed by atoms with Crippen molar-refractivity contribution in [3.63, 3.8) is 0 Å². The highest BCUT2D eigenvalue weighted by Crippen LogP contribution is 2.40.